The fourth-order valence-corrected chi connectivity index (χ4v) is 1.42. The van der Waals surface area contributed by atoms with Crippen molar-refractivity contribution in [3.63, 3.8) is 0 Å². The maximum Gasteiger partial charge on any atom is 0.0850 e. The Morgan fingerprint density at radius 1 is 1.20 bits per heavy atom. The summed E-state index contributed by atoms with van der Waals surface area (Å²) in [6.07, 6.45) is 2.43. The molecule has 2 aromatic rings. The number of nitrogens with zero attached hydrogens (tertiary/aromatic N) is 3. The molecule has 1 heterocycles. The number of hydrogen-bond donors (Lipinski definition) is 1. The number of hydrogen-bond acceptors (Lipinski definition) is 3. The number of aliphatic hydroxyl groups excluding tert-OH is 1. The van der Waals surface area contributed by atoms with Gasteiger partial charge in [0.05, 0.1) is 12.2 Å². The average Bonchev–Trinajstić information content (AvgIpc) is 2.68. The molecule has 0 aliphatic rings. The predicted octanol–water partition coefficient (Wildman–Crippen LogP) is 0.861. The van der Waals surface area contributed by atoms with E-state index in [0.717, 1.165) is 12.2 Å². The van der Waals surface area contributed by atoms with Gasteiger partial charge in [0, 0.05) is 19.2 Å². The minimum Gasteiger partial charge on any atom is -0.396 e. The molecule has 4 heteroatoms. The van der Waals surface area contributed by atoms with Crippen LogP contribution in [-0.4, -0.2) is 26.7 Å². The molecule has 0 unspecified atom stereocenters. The molecule has 0 spiro atoms. The second-order valence-corrected chi connectivity index (χ2v) is 3.37. The third-order valence-electron chi connectivity index (χ3n) is 2.14. The highest BCUT2D eigenvalue weighted by molar-refractivity contribution is 5.14. The summed E-state index contributed by atoms with van der Waals surface area (Å²) in [4.78, 5) is 0. The van der Waals surface area contributed by atoms with Gasteiger partial charge in [-0.2, -0.15) is 0 Å². The monoisotopic (exact) mass is 203 g/mol. The zero-order valence-electron chi connectivity index (χ0n) is 8.37. The van der Waals surface area contributed by atoms with Gasteiger partial charge in [0.1, 0.15) is 0 Å². The lowest BCUT2D eigenvalue weighted by molar-refractivity contribution is 0.298. The summed E-state index contributed by atoms with van der Waals surface area (Å²) < 4.78 is 1.78. The number of aliphatic hydroxyl groups is 1. The van der Waals surface area contributed by atoms with Gasteiger partial charge < -0.3 is 5.11 Å². The van der Waals surface area contributed by atoms with Crippen LogP contribution in [0, 0.1) is 0 Å². The van der Waals surface area contributed by atoms with Gasteiger partial charge in [0.25, 0.3) is 0 Å². The van der Waals surface area contributed by atoms with E-state index in [0.29, 0.717) is 6.42 Å². The van der Waals surface area contributed by atoms with Gasteiger partial charge in [-0.3, -0.25) is 0 Å². The van der Waals surface area contributed by atoms with Gasteiger partial charge in [-0.05, 0) is 5.56 Å². The highest BCUT2D eigenvalue weighted by Gasteiger charge is 2.00. The predicted molar refractivity (Wildman–Crippen MR) is 56.4 cm³/mol. The third-order valence-corrected chi connectivity index (χ3v) is 2.14. The Morgan fingerprint density at radius 3 is 2.73 bits per heavy atom. The molecule has 0 radical (unpaired) electrons. The Kier molecular flexibility index (Phi) is 3.09. The second kappa shape index (κ2) is 4.70. The molecule has 0 bridgehead atoms. The Labute approximate surface area is 88.2 Å². The molecule has 1 aromatic carbocycles. The van der Waals surface area contributed by atoms with Gasteiger partial charge in [-0.1, -0.05) is 35.5 Å². The van der Waals surface area contributed by atoms with Gasteiger partial charge in [-0.25, -0.2) is 4.68 Å². The Hall–Kier alpha value is -1.68. The summed E-state index contributed by atoms with van der Waals surface area (Å²) in [5, 5.41) is 16.7. The van der Waals surface area contributed by atoms with Crippen molar-refractivity contribution in [3.05, 3.63) is 47.8 Å². The van der Waals surface area contributed by atoms with Gasteiger partial charge in [0.15, 0.2) is 0 Å². The number of rotatable bonds is 4. The Bertz CT molecular complexity index is 411. The SMILES string of the molecule is OCCc1cn(Cc2ccccc2)nn1. The Balaban J connectivity index is 2.05. The van der Waals surface area contributed by atoms with Crippen LogP contribution in [0.2, 0.25) is 0 Å². The first-order valence-corrected chi connectivity index (χ1v) is 4.92. The molecule has 78 valence electrons. The van der Waals surface area contributed by atoms with Crippen LogP contribution in [0.1, 0.15) is 11.3 Å². The molecule has 0 atom stereocenters. The van der Waals surface area contributed by atoms with E-state index >= 15 is 0 Å². The number of aromatic nitrogens is 3. The van der Waals surface area contributed by atoms with E-state index in [1.165, 1.54) is 5.56 Å². The van der Waals surface area contributed by atoms with E-state index in [2.05, 4.69) is 10.3 Å². The quantitative estimate of drug-likeness (QED) is 0.801. The fourth-order valence-electron chi connectivity index (χ4n) is 1.42. The van der Waals surface area contributed by atoms with Gasteiger partial charge in [-0.15, -0.1) is 5.10 Å². The maximum absolute atomic E-state index is 8.74. The highest BCUT2D eigenvalue weighted by atomic mass is 16.3. The van der Waals surface area contributed by atoms with E-state index in [1.54, 1.807) is 4.68 Å². The second-order valence-electron chi connectivity index (χ2n) is 3.37. The smallest absolute Gasteiger partial charge is 0.0850 e. The minimum absolute atomic E-state index is 0.115. The zero-order chi connectivity index (χ0) is 10.5. The van der Waals surface area contributed by atoms with Crippen molar-refractivity contribution in [2.75, 3.05) is 6.61 Å². The number of benzene rings is 1. The minimum atomic E-state index is 0.115. The summed E-state index contributed by atoms with van der Waals surface area (Å²) in [6.45, 7) is 0.837. The van der Waals surface area contributed by atoms with Crippen LogP contribution in [0.3, 0.4) is 0 Å². The van der Waals surface area contributed by atoms with E-state index in [9.17, 15) is 0 Å². The van der Waals surface area contributed by atoms with Crippen LogP contribution in [-0.2, 0) is 13.0 Å². The van der Waals surface area contributed by atoms with Crippen LogP contribution >= 0.6 is 0 Å². The molecule has 15 heavy (non-hydrogen) atoms. The fraction of sp³-hybridized carbons (Fsp3) is 0.273. The van der Waals surface area contributed by atoms with Crippen LogP contribution in [0.4, 0.5) is 0 Å². The van der Waals surface area contributed by atoms with Crippen molar-refractivity contribution < 1.29 is 5.11 Å². The van der Waals surface area contributed by atoms with Crippen LogP contribution in [0.5, 0.6) is 0 Å². The molecule has 0 amide bonds. The van der Waals surface area contributed by atoms with E-state index in [1.807, 2.05) is 36.5 Å². The zero-order valence-corrected chi connectivity index (χ0v) is 8.37. The molecule has 4 nitrogen and oxygen atoms in total. The van der Waals surface area contributed by atoms with Crippen molar-refractivity contribution >= 4 is 0 Å². The lowest BCUT2D eigenvalue weighted by Gasteiger charge is -1.99. The van der Waals surface area contributed by atoms with Crippen LogP contribution in [0.15, 0.2) is 36.5 Å². The van der Waals surface area contributed by atoms with E-state index < -0.39 is 0 Å². The third kappa shape index (κ3) is 2.63. The van der Waals surface area contributed by atoms with E-state index in [4.69, 9.17) is 5.11 Å². The van der Waals surface area contributed by atoms with Gasteiger partial charge >= 0.3 is 0 Å². The van der Waals surface area contributed by atoms with Crippen molar-refractivity contribution in [3.8, 4) is 0 Å². The van der Waals surface area contributed by atoms with Crippen molar-refractivity contribution in [1.29, 1.82) is 0 Å². The van der Waals surface area contributed by atoms with Crippen molar-refractivity contribution in [1.82, 2.24) is 15.0 Å². The lowest BCUT2D eigenvalue weighted by atomic mass is 10.2. The highest BCUT2D eigenvalue weighted by Crippen LogP contribution is 2.02. The maximum atomic E-state index is 8.74. The molecule has 0 saturated carbocycles. The first-order valence-electron chi connectivity index (χ1n) is 4.92. The van der Waals surface area contributed by atoms with Gasteiger partial charge in [0.2, 0.25) is 0 Å². The molecular weight excluding hydrogens is 190 g/mol. The first-order chi connectivity index (χ1) is 7.38. The average molecular weight is 203 g/mol. The molecule has 1 aromatic heterocycles. The molecule has 1 N–H and O–H groups in total. The molecule has 0 saturated heterocycles. The normalized spacial score (nSPS) is 10.5. The summed E-state index contributed by atoms with van der Waals surface area (Å²) in [6, 6.07) is 10.1. The molecular formula is C11H13N3O. The summed E-state index contributed by atoms with van der Waals surface area (Å²) in [7, 11) is 0. The van der Waals surface area contributed by atoms with E-state index in [-0.39, 0.29) is 6.61 Å². The standard InChI is InChI=1S/C11H13N3O/c15-7-6-11-9-14(13-12-11)8-10-4-2-1-3-5-10/h1-5,9,15H,6-8H2. The molecule has 0 fully saturated rings. The van der Waals surface area contributed by atoms with Crippen LogP contribution in [0.25, 0.3) is 0 Å². The Morgan fingerprint density at radius 2 is 2.00 bits per heavy atom. The van der Waals surface area contributed by atoms with Crippen molar-refractivity contribution in [2.24, 2.45) is 0 Å². The summed E-state index contributed by atoms with van der Waals surface area (Å²) in [5.74, 6) is 0. The molecule has 0 aliphatic carbocycles. The van der Waals surface area contributed by atoms with Crippen molar-refractivity contribution in [2.45, 2.75) is 13.0 Å². The molecule has 2 rings (SSSR count). The largest absolute Gasteiger partial charge is 0.396 e. The summed E-state index contributed by atoms with van der Waals surface area (Å²) >= 11 is 0. The molecule has 0 aliphatic heterocycles. The first kappa shape index (κ1) is 9.86. The topological polar surface area (TPSA) is 50.9 Å². The lowest BCUT2D eigenvalue weighted by Crippen LogP contribution is -1.99. The van der Waals surface area contributed by atoms with Crippen LogP contribution < -0.4 is 0 Å². The summed E-state index contributed by atoms with van der Waals surface area (Å²) in [5.41, 5.74) is 2.02.